The first-order valence-corrected chi connectivity index (χ1v) is 12.2. The molecule has 3 aromatic carbocycles. The number of benzene rings is 3. The number of carbonyl (C=O) groups is 1. The van der Waals surface area contributed by atoms with Gasteiger partial charge in [-0.25, -0.2) is 13.1 Å². The molecule has 7 nitrogen and oxygen atoms in total. The zero-order valence-corrected chi connectivity index (χ0v) is 19.4. The second-order valence-corrected chi connectivity index (χ2v) is 9.74. The molecule has 2 atom stereocenters. The van der Waals surface area contributed by atoms with Crippen LogP contribution >= 0.6 is 11.6 Å². The van der Waals surface area contributed by atoms with Gasteiger partial charge < -0.3 is 14.8 Å². The predicted octanol–water partition coefficient (Wildman–Crippen LogP) is 3.95. The molecule has 4 rings (SSSR count). The molecular weight excluding hydrogens is 464 g/mol. The minimum absolute atomic E-state index is 0.0151. The van der Waals surface area contributed by atoms with Gasteiger partial charge in [0.05, 0.1) is 17.6 Å². The van der Waals surface area contributed by atoms with E-state index in [4.69, 9.17) is 21.1 Å². The fourth-order valence-corrected chi connectivity index (χ4v) is 4.99. The minimum atomic E-state index is -4.00. The van der Waals surface area contributed by atoms with Gasteiger partial charge in [0.15, 0.2) is 11.5 Å². The van der Waals surface area contributed by atoms with Crippen LogP contribution in [0.1, 0.15) is 28.9 Å². The van der Waals surface area contributed by atoms with Crippen molar-refractivity contribution in [2.45, 2.75) is 24.0 Å². The average molecular weight is 487 g/mol. The van der Waals surface area contributed by atoms with Crippen molar-refractivity contribution in [3.05, 3.63) is 88.9 Å². The van der Waals surface area contributed by atoms with Crippen molar-refractivity contribution in [2.75, 3.05) is 13.2 Å². The number of sulfonamides is 1. The van der Waals surface area contributed by atoms with Gasteiger partial charge in [-0.1, -0.05) is 54.1 Å². The number of nitrogens with one attached hydrogen (secondary N) is 2. The molecule has 0 saturated heterocycles. The zero-order valence-electron chi connectivity index (χ0n) is 17.8. The first-order valence-electron chi connectivity index (χ1n) is 10.4. The SMILES string of the molecule is CC(NC(=O)c1ccc(Cl)c(S(=O)(=O)NCC2COc3ccccc3O2)c1)c1ccccc1. The van der Waals surface area contributed by atoms with Crippen LogP contribution in [0.25, 0.3) is 0 Å². The molecule has 0 aromatic heterocycles. The average Bonchev–Trinajstić information content (AvgIpc) is 2.83. The van der Waals surface area contributed by atoms with Crippen molar-refractivity contribution in [3.8, 4) is 11.5 Å². The molecule has 2 unspecified atom stereocenters. The van der Waals surface area contributed by atoms with E-state index >= 15 is 0 Å². The van der Waals surface area contributed by atoms with E-state index in [1.807, 2.05) is 49.4 Å². The van der Waals surface area contributed by atoms with Gasteiger partial charge in [0.25, 0.3) is 5.91 Å². The third-order valence-electron chi connectivity index (χ3n) is 5.20. The van der Waals surface area contributed by atoms with E-state index in [0.717, 1.165) is 5.56 Å². The summed E-state index contributed by atoms with van der Waals surface area (Å²) in [5.41, 5.74) is 1.12. The lowest BCUT2D eigenvalue weighted by molar-refractivity contribution is 0.0939. The largest absolute Gasteiger partial charge is 0.486 e. The Bertz CT molecular complexity index is 1250. The van der Waals surface area contributed by atoms with Gasteiger partial charge in [0, 0.05) is 5.56 Å². The summed E-state index contributed by atoms with van der Waals surface area (Å²) in [6.45, 7) is 2.04. The summed E-state index contributed by atoms with van der Waals surface area (Å²) in [4.78, 5) is 12.6. The maximum atomic E-state index is 12.9. The molecule has 9 heteroatoms. The van der Waals surface area contributed by atoms with E-state index in [2.05, 4.69) is 10.0 Å². The van der Waals surface area contributed by atoms with Gasteiger partial charge in [0.1, 0.15) is 17.6 Å². The predicted molar refractivity (Wildman–Crippen MR) is 125 cm³/mol. The summed E-state index contributed by atoms with van der Waals surface area (Å²) in [6.07, 6.45) is -0.508. The fraction of sp³-hybridized carbons (Fsp3) is 0.208. The molecule has 1 heterocycles. The number of halogens is 1. The summed E-state index contributed by atoms with van der Waals surface area (Å²) >= 11 is 6.17. The number of para-hydroxylation sites is 2. The van der Waals surface area contributed by atoms with Crippen LogP contribution in [-0.4, -0.2) is 33.6 Å². The van der Waals surface area contributed by atoms with E-state index in [1.54, 1.807) is 12.1 Å². The Morgan fingerprint density at radius 1 is 1.06 bits per heavy atom. The molecule has 1 amide bonds. The Morgan fingerprint density at radius 3 is 2.52 bits per heavy atom. The molecule has 0 aliphatic carbocycles. The smallest absolute Gasteiger partial charge is 0.251 e. The summed E-state index contributed by atoms with van der Waals surface area (Å²) in [6, 6.07) is 20.6. The van der Waals surface area contributed by atoms with E-state index in [0.29, 0.717) is 11.5 Å². The van der Waals surface area contributed by atoms with Crippen molar-refractivity contribution in [1.82, 2.24) is 10.0 Å². The number of hydrogen-bond donors (Lipinski definition) is 2. The highest BCUT2D eigenvalue weighted by Crippen LogP contribution is 2.31. The normalized spacial score (nSPS) is 16.1. The van der Waals surface area contributed by atoms with Crippen LogP contribution in [-0.2, 0) is 10.0 Å². The first kappa shape index (κ1) is 23.1. The number of amides is 1. The van der Waals surface area contributed by atoms with Gasteiger partial charge in [-0.05, 0) is 42.8 Å². The Kier molecular flexibility index (Phi) is 6.88. The van der Waals surface area contributed by atoms with Crippen LogP contribution in [0.2, 0.25) is 5.02 Å². The monoisotopic (exact) mass is 486 g/mol. The molecule has 0 saturated carbocycles. The summed E-state index contributed by atoms with van der Waals surface area (Å²) < 4.78 is 39.8. The van der Waals surface area contributed by atoms with Gasteiger partial charge in [0.2, 0.25) is 10.0 Å². The maximum Gasteiger partial charge on any atom is 0.251 e. The molecule has 1 aliphatic heterocycles. The van der Waals surface area contributed by atoms with Crippen LogP contribution in [0, 0.1) is 0 Å². The van der Waals surface area contributed by atoms with Gasteiger partial charge >= 0.3 is 0 Å². The molecule has 0 bridgehead atoms. The molecule has 1 aliphatic rings. The van der Waals surface area contributed by atoms with E-state index in [-0.39, 0.29) is 34.7 Å². The van der Waals surface area contributed by atoms with Crippen LogP contribution in [0.15, 0.2) is 77.7 Å². The third kappa shape index (κ3) is 5.47. The van der Waals surface area contributed by atoms with Gasteiger partial charge in [-0.2, -0.15) is 0 Å². The molecule has 0 radical (unpaired) electrons. The maximum absolute atomic E-state index is 12.9. The third-order valence-corrected chi connectivity index (χ3v) is 7.10. The van der Waals surface area contributed by atoms with Crippen LogP contribution in [0.3, 0.4) is 0 Å². The van der Waals surface area contributed by atoms with Crippen molar-refractivity contribution >= 4 is 27.5 Å². The van der Waals surface area contributed by atoms with E-state index in [1.165, 1.54) is 18.2 Å². The van der Waals surface area contributed by atoms with Gasteiger partial charge in [-0.3, -0.25) is 4.79 Å². The van der Waals surface area contributed by atoms with Crippen molar-refractivity contribution in [2.24, 2.45) is 0 Å². The Balaban J connectivity index is 1.44. The summed E-state index contributed by atoms with van der Waals surface area (Å²) in [5.74, 6) is 0.764. The Hall–Kier alpha value is -3.07. The summed E-state index contributed by atoms with van der Waals surface area (Å²) in [7, 11) is -4.00. The van der Waals surface area contributed by atoms with Gasteiger partial charge in [-0.15, -0.1) is 0 Å². The molecule has 33 heavy (non-hydrogen) atoms. The lowest BCUT2D eigenvalue weighted by atomic mass is 10.1. The standard InChI is InChI=1S/C24H23ClN2O5S/c1-16(17-7-3-2-4-8-17)27-24(28)18-11-12-20(25)23(13-18)33(29,30)26-14-19-15-31-21-9-5-6-10-22(21)32-19/h2-13,16,19,26H,14-15H2,1H3,(H,27,28). The Morgan fingerprint density at radius 2 is 1.76 bits per heavy atom. The highest BCUT2D eigenvalue weighted by molar-refractivity contribution is 7.89. The topological polar surface area (TPSA) is 93.7 Å². The fourth-order valence-electron chi connectivity index (χ4n) is 3.40. The van der Waals surface area contributed by atoms with E-state index < -0.39 is 22.0 Å². The van der Waals surface area contributed by atoms with Crippen LogP contribution in [0.5, 0.6) is 11.5 Å². The molecular formula is C24H23ClN2O5S. The molecule has 0 spiro atoms. The second-order valence-electron chi connectivity index (χ2n) is 7.60. The van der Waals surface area contributed by atoms with E-state index in [9.17, 15) is 13.2 Å². The number of carbonyl (C=O) groups excluding carboxylic acids is 1. The highest BCUT2D eigenvalue weighted by Gasteiger charge is 2.25. The quantitative estimate of drug-likeness (QED) is 0.527. The Labute approximate surface area is 197 Å². The number of fused-ring (bicyclic) bond motifs is 1. The second kappa shape index (κ2) is 9.82. The highest BCUT2D eigenvalue weighted by atomic mass is 35.5. The lowest BCUT2D eigenvalue weighted by Gasteiger charge is -2.26. The minimum Gasteiger partial charge on any atom is -0.486 e. The molecule has 3 aromatic rings. The first-order chi connectivity index (χ1) is 15.8. The van der Waals surface area contributed by atoms with Crippen molar-refractivity contribution < 1.29 is 22.7 Å². The van der Waals surface area contributed by atoms with Crippen molar-refractivity contribution in [3.63, 3.8) is 0 Å². The number of hydrogen-bond acceptors (Lipinski definition) is 5. The zero-order chi connectivity index (χ0) is 23.4. The molecule has 2 N–H and O–H groups in total. The van der Waals surface area contributed by atoms with Crippen molar-refractivity contribution in [1.29, 1.82) is 0 Å². The molecule has 172 valence electrons. The summed E-state index contributed by atoms with van der Waals surface area (Å²) in [5, 5.41) is 2.89. The number of ether oxygens (including phenoxy) is 2. The number of rotatable bonds is 7. The lowest BCUT2D eigenvalue weighted by Crippen LogP contribution is -2.40. The van der Waals surface area contributed by atoms with Crippen LogP contribution < -0.4 is 19.5 Å². The van der Waals surface area contributed by atoms with Crippen LogP contribution in [0.4, 0.5) is 0 Å². The molecule has 0 fully saturated rings.